The fourth-order valence-corrected chi connectivity index (χ4v) is 2.62. The topological polar surface area (TPSA) is 15.3 Å². The Hall–Kier alpha value is -0.860. The number of nitrogens with one attached hydrogen (secondary N) is 1. The van der Waals surface area contributed by atoms with Gasteiger partial charge in [-0.3, -0.25) is 4.90 Å². The molecule has 1 unspecified atom stereocenters. The molecule has 1 aliphatic rings. The number of hydrogen-bond acceptors (Lipinski definition) is 2. The van der Waals surface area contributed by atoms with E-state index >= 15 is 0 Å². The minimum absolute atomic E-state index is 0.654. The molecule has 1 aliphatic heterocycles. The van der Waals surface area contributed by atoms with E-state index in [9.17, 15) is 0 Å². The van der Waals surface area contributed by atoms with Crippen molar-refractivity contribution in [2.45, 2.75) is 39.3 Å². The lowest BCUT2D eigenvalue weighted by Crippen LogP contribution is -2.44. The highest BCUT2D eigenvalue weighted by Crippen LogP contribution is 2.17. The molecule has 2 nitrogen and oxygen atoms in total. The predicted octanol–water partition coefficient (Wildman–Crippen LogP) is 2.90. The van der Waals surface area contributed by atoms with E-state index in [0.717, 1.165) is 19.0 Å². The second-order valence-corrected chi connectivity index (χ2v) is 5.68. The van der Waals surface area contributed by atoms with Gasteiger partial charge in [-0.2, -0.15) is 0 Å². The van der Waals surface area contributed by atoms with Crippen molar-refractivity contribution in [2.75, 3.05) is 19.6 Å². The van der Waals surface area contributed by atoms with E-state index in [-0.39, 0.29) is 0 Å². The number of likely N-dealkylation sites (tertiary alicyclic amines) is 1. The molecule has 1 fully saturated rings. The summed E-state index contributed by atoms with van der Waals surface area (Å²) in [4.78, 5) is 2.62. The molecule has 2 rings (SSSR count). The first-order valence-electron chi connectivity index (χ1n) is 7.24. The van der Waals surface area contributed by atoms with E-state index in [0.29, 0.717) is 6.04 Å². The fourth-order valence-electron chi connectivity index (χ4n) is 2.62. The van der Waals surface area contributed by atoms with Crippen LogP contribution in [-0.4, -0.2) is 30.6 Å². The summed E-state index contributed by atoms with van der Waals surface area (Å²) in [6.45, 7) is 9.33. The van der Waals surface area contributed by atoms with E-state index in [1.54, 1.807) is 0 Å². The summed E-state index contributed by atoms with van der Waals surface area (Å²) in [5.41, 5.74) is 1.37. The van der Waals surface area contributed by atoms with Gasteiger partial charge in [0.2, 0.25) is 0 Å². The first kappa shape index (κ1) is 13.6. The van der Waals surface area contributed by atoms with Gasteiger partial charge in [0.15, 0.2) is 0 Å². The highest BCUT2D eigenvalue weighted by atomic mass is 15.2. The zero-order chi connectivity index (χ0) is 12.8. The Labute approximate surface area is 111 Å². The molecular weight excluding hydrogens is 220 g/mol. The summed E-state index contributed by atoms with van der Waals surface area (Å²) in [6, 6.07) is 11.3. The minimum atomic E-state index is 0.654. The van der Waals surface area contributed by atoms with Gasteiger partial charge < -0.3 is 5.32 Å². The molecule has 1 saturated heterocycles. The number of hydrogen-bond donors (Lipinski definition) is 1. The maximum atomic E-state index is 3.57. The van der Waals surface area contributed by atoms with Crippen LogP contribution in [0, 0.1) is 5.92 Å². The number of rotatable bonds is 5. The van der Waals surface area contributed by atoms with Crippen molar-refractivity contribution in [1.29, 1.82) is 0 Å². The Balaban J connectivity index is 1.67. The van der Waals surface area contributed by atoms with Crippen LogP contribution in [0.3, 0.4) is 0 Å². The van der Waals surface area contributed by atoms with Gasteiger partial charge in [-0.1, -0.05) is 37.3 Å². The maximum Gasteiger partial charge on any atom is 0.0206 e. The SMILES string of the molecule is CC1CCN(C(C)CNCc2ccccc2)CC1. The van der Waals surface area contributed by atoms with Crippen molar-refractivity contribution in [3.63, 3.8) is 0 Å². The molecule has 1 N–H and O–H groups in total. The third-order valence-corrected chi connectivity index (χ3v) is 4.05. The van der Waals surface area contributed by atoms with Gasteiger partial charge in [0, 0.05) is 19.1 Å². The zero-order valence-electron chi connectivity index (χ0n) is 11.7. The highest BCUT2D eigenvalue weighted by Gasteiger charge is 2.19. The first-order chi connectivity index (χ1) is 8.75. The molecule has 1 aromatic carbocycles. The lowest BCUT2D eigenvalue weighted by Gasteiger charge is -2.35. The third-order valence-electron chi connectivity index (χ3n) is 4.05. The monoisotopic (exact) mass is 246 g/mol. The molecule has 100 valence electrons. The van der Waals surface area contributed by atoms with E-state index in [1.165, 1.54) is 31.5 Å². The van der Waals surface area contributed by atoms with Gasteiger partial charge in [-0.15, -0.1) is 0 Å². The number of benzene rings is 1. The average Bonchev–Trinajstić information content (AvgIpc) is 2.40. The van der Waals surface area contributed by atoms with Crippen LogP contribution in [0.25, 0.3) is 0 Å². The van der Waals surface area contributed by atoms with Crippen molar-refractivity contribution < 1.29 is 0 Å². The summed E-state index contributed by atoms with van der Waals surface area (Å²) >= 11 is 0. The molecule has 0 spiro atoms. The average molecular weight is 246 g/mol. The summed E-state index contributed by atoms with van der Waals surface area (Å²) in [7, 11) is 0. The molecule has 0 amide bonds. The Kier molecular flexibility index (Phi) is 5.21. The summed E-state index contributed by atoms with van der Waals surface area (Å²) in [5, 5.41) is 3.57. The Morgan fingerprint density at radius 3 is 2.56 bits per heavy atom. The molecule has 18 heavy (non-hydrogen) atoms. The van der Waals surface area contributed by atoms with E-state index in [4.69, 9.17) is 0 Å². The van der Waals surface area contributed by atoms with Gasteiger partial charge in [0.05, 0.1) is 0 Å². The maximum absolute atomic E-state index is 3.57. The minimum Gasteiger partial charge on any atom is -0.311 e. The second-order valence-electron chi connectivity index (χ2n) is 5.68. The highest BCUT2D eigenvalue weighted by molar-refractivity contribution is 5.14. The molecule has 0 radical (unpaired) electrons. The van der Waals surface area contributed by atoms with Gasteiger partial charge in [0.25, 0.3) is 0 Å². The van der Waals surface area contributed by atoms with Crippen LogP contribution in [0.4, 0.5) is 0 Å². The van der Waals surface area contributed by atoms with Crippen molar-refractivity contribution in [3.8, 4) is 0 Å². The molecule has 1 atom stereocenters. The third kappa shape index (κ3) is 4.11. The van der Waals surface area contributed by atoms with Gasteiger partial charge in [0.1, 0.15) is 0 Å². The quantitative estimate of drug-likeness (QED) is 0.859. The summed E-state index contributed by atoms with van der Waals surface area (Å²) in [6.07, 6.45) is 2.73. The second kappa shape index (κ2) is 6.91. The van der Waals surface area contributed by atoms with Crippen LogP contribution in [0.15, 0.2) is 30.3 Å². The molecule has 0 saturated carbocycles. The van der Waals surface area contributed by atoms with E-state index in [1.807, 2.05) is 0 Å². The van der Waals surface area contributed by atoms with Crippen molar-refractivity contribution >= 4 is 0 Å². The van der Waals surface area contributed by atoms with Crippen molar-refractivity contribution in [2.24, 2.45) is 5.92 Å². The molecule has 0 aliphatic carbocycles. The largest absolute Gasteiger partial charge is 0.311 e. The molecule has 0 aromatic heterocycles. The lowest BCUT2D eigenvalue weighted by atomic mass is 9.98. The van der Waals surface area contributed by atoms with Crippen LogP contribution < -0.4 is 5.32 Å². The molecular formula is C16H26N2. The van der Waals surface area contributed by atoms with Crippen LogP contribution in [-0.2, 0) is 6.54 Å². The van der Waals surface area contributed by atoms with Crippen LogP contribution in [0.1, 0.15) is 32.3 Å². The predicted molar refractivity (Wildman–Crippen MR) is 77.6 cm³/mol. The first-order valence-corrected chi connectivity index (χ1v) is 7.24. The van der Waals surface area contributed by atoms with Gasteiger partial charge >= 0.3 is 0 Å². The molecule has 2 heteroatoms. The smallest absolute Gasteiger partial charge is 0.0206 e. The summed E-state index contributed by atoms with van der Waals surface area (Å²) < 4.78 is 0. The van der Waals surface area contributed by atoms with Crippen LogP contribution in [0.2, 0.25) is 0 Å². The Morgan fingerprint density at radius 1 is 1.22 bits per heavy atom. The van der Waals surface area contributed by atoms with Crippen molar-refractivity contribution in [3.05, 3.63) is 35.9 Å². The fraction of sp³-hybridized carbons (Fsp3) is 0.625. The van der Waals surface area contributed by atoms with E-state index < -0.39 is 0 Å². The van der Waals surface area contributed by atoms with Crippen LogP contribution >= 0.6 is 0 Å². The summed E-state index contributed by atoms with van der Waals surface area (Å²) in [5.74, 6) is 0.922. The Bertz CT molecular complexity index is 328. The molecule has 0 bridgehead atoms. The zero-order valence-corrected chi connectivity index (χ0v) is 11.7. The van der Waals surface area contributed by atoms with Crippen molar-refractivity contribution in [1.82, 2.24) is 10.2 Å². The lowest BCUT2D eigenvalue weighted by molar-refractivity contribution is 0.144. The standard InChI is InChI=1S/C16H26N2/c1-14-8-10-18(11-9-14)15(2)12-17-13-16-6-4-3-5-7-16/h3-7,14-15,17H,8-13H2,1-2H3. The molecule has 1 aromatic rings. The van der Waals surface area contributed by atoms with Gasteiger partial charge in [-0.05, 0) is 44.3 Å². The van der Waals surface area contributed by atoms with Crippen LogP contribution in [0.5, 0.6) is 0 Å². The Morgan fingerprint density at radius 2 is 1.89 bits per heavy atom. The molecule has 1 heterocycles. The normalized spacial score (nSPS) is 19.9. The number of piperidine rings is 1. The number of nitrogens with zero attached hydrogens (tertiary/aromatic N) is 1. The van der Waals surface area contributed by atoms with E-state index in [2.05, 4.69) is 54.4 Å². The van der Waals surface area contributed by atoms with Gasteiger partial charge in [-0.25, -0.2) is 0 Å².